The van der Waals surface area contributed by atoms with Crippen molar-refractivity contribution in [1.82, 2.24) is 4.98 Å². The van der Waals surface area contributed by atoms with Gasteiger partial charge in [0.15, 0.2) is 0 Å². The van der Waals surface area contributed by atoms with Crippen molar-refractivity contribution in [2.24, 2.45) is 0 Å². The lowest BCUT2D eigenvalue weighted by atomic mass is 10.2. The molecule has 0 saturated heterocycles. The zero-order valence-electron chi connectivity index (χ0n) is 6.19. The summed E-state index contributed by atoms with van der Waals surface area (Å²) in [6, 6.07) is 3.40. The van der Waals surface area contributed by atoms with Crippen LogP contribution in [-0.2, 0) is 11.2 Å². The first kappa shape index (κ1) is 8.21. The van der Waals surface area contributed by atoms with Crippen molar-refractivity contribution >= 4 is 5.97 Å². The van der Waals surface area contributed by atoms with E-state index in [1.165, 1.54) is 18.5 Å². The van der Waals surface area contributed by atoms with Gasteiger partial charge in [-0.25, -0.2) is 0 Å². The van der Waals surface area contributed by atoms with Crippen LogP contribution in [0, 0.1) is 11.3 Å². The number of aliphatic carboxylic acids is 1. The van der Waals surface area contributed by atoms with E-state index in [-0.39, 0.29) is 6.42 Å². The lowest BCUT2D eigenvalue weighted by Gasteiger charge is -1.94. The van der Waals surface area contributed by atoms with Crippen LogP contribution in [0.4, 0.5) is 0 Å². The highest BCUT2D eigenvalue weighted by molar-refractivity contribution is 5.70. The summed E-state index contributed by atoms with van der Waals surface area (Å²) in [4.78, 5) is 14.0. The molecule has 0 atom stereocenters. The Kier molecular flexibility index (Phi) is 2.38. The fourth-order valence-corrected chi connectivity index (χ4v) is 0.820. The molecule has 0 aliphatic carbocycles. The topological polar surface area (TPSA) is 74.0 Å². The third-order valence-corrected chi connectivity index (χ3v) is 1.28. The lowest BCUT2D eigenvalue weighted by Crippen LogP contribution is -2.00. The average molecular weight is 162 g/mol. The van der Waals surface area contributed by atoms with Gasteiger partial charge in [0.2, 0.25) is 0 Å². The molecule has 0 radical (unpaired) electrons. The summed E-state index contributed by atoms with van der Waals surface area (Å²) in [6.45, 7) is 0. The standard InChI is InChI=1S/C8H6N2O2/c9-3-7-1-6(2-8(11)12)4-10-5-7/h1,4-5H,2H2,(H,11,12). The fraction of sp³-hybridized carbons (Fsp3) is 0.125. The highest BCUT2D eigenvalue weighted by Crippen LogP contribution is 2.01. The molecule has 0 unspecified atom stereocenters. The third kappa shape index (κ3) is 2.06. The minimum atomic E-state index is -0.924. The molecule has 0 fully saturated rings. The quantitative estimate of drug-likeness (QED) is 0.690. The van der Waals surface area contributed by atoms with E-state index < -0.39 is 5.97 Å². The molecule has 60 valence electrons. The van der Waals surface area contributed by atoms with Crippen molar-refractivity contribution in [2.75, 3.05) is 0 Å². The highest BCUT2D eigenvalue weighted by atomic mass is 16.4. The lowest BCUT2D eigenvalue weighted by molar-refractivity contribution is -0.136. The Labute approximate surface area is 69.1 Å². The Bertz CT molecular complexity index is 341. The second-order valence-corrected chi connectivity index (χ2v) is 2.26. The predicted molar refractivity (Wildman–Crippen MR) is 40.3 cm³/mol. The first-order chi connectivity index (χ1) is 5.72. The van der Waals surface area contributed by atoms with E-state index >= 15 is 0 Å². The molecule has 1 rings (SSSR count). The minimum Gasteiger partial charge on any atom is -0.481 e. The molecule has 12 heavy (non-hydrogen) atoms. The van der Waals surface area contributed by atoms with Crippen LogP contribution in [-0.4, -0.2) is 16.1 Å². The Balaban J connectivity index is 2.88. The van der Waals surface area contributed by atoms with Crippen LogP contribution in [0.15, 0.2) is 18.5 Å². The van der Waals surface area contributed by atoms with Crippen LogP contribution in [0.5, 0.6) is 0 Å². The number of rotatable bonds is 2. The second-order valence-electron chi connectivity index (χ2n) is 2.26. The van der Waals surface area contributed by atoms with E-state index in [0.717, 1.165) is 0 Å². The number of nitriles is 1. The molecule has 0 bridgehead atoms. The average Bonchev–Trinajstić information content (AvgIpc) is 2.03. The molecule has 4 nitrogen and oxygen atoms in total. The van der Waals surface area contributed by atoms with Crippen molar-refractivity contribution in [3.63, 3.8) is 0 Å². The molecule has 0 aliphatic heterocycles. The molecule has 4 heteroatoms. The molecule has 0 saturated carbocycles. The van der Waals surface area contributed by atoms with Crippen LogP contribution < -0.4 is 0 Å². The number of aromatic nitrogens is 1. The maximum atomic E-state index is 10.3. The predicted octanol–water partition coefficient (Wildman–Crippen LogP) is 0.580. The van der Waals surface area contributed by atoms with E-state index in [9.17, 15) is 4.79 Å². The van der Waals surface area contributed by atoms with Gasteiger partial charge in [-0.15, -0.1) is 0 Å². The van der Waals surface area contributed by atoms with E-state index in [2.05, 4.69) is 4.98 Å². The van der Waals surface area contributed by atoms with Gasteiger partial charge in [0.25, 0.3) is 0 Å². The molecule has 1 aromatic rings. The Morgan fingerprint density at radius 3 is 3.00 bits per heavy atom. The van der Waals surface area contributed by atoms with Crippen molar-refractivity contribution in [3.8, 4) is 6.07 Å². The fourth-order valence-electron chi connectivity index (χ4n) is 0.820. The smallest absolute Gasteiger partial charge is 0.307 e. The molecule has 0 aromatic carbocycles. The number of hydrogen-bond donors (Lipinski definition) is 1. The van der Waals surface area contributed by atoms with Crippen LogP contribution in [0.3, 0.4) is 0 Å². The normalized spacial score (nSPS) is 8.92. The molecule has 1 aromatic heterocycles. The van der Waals surface area contributed by atoms with Crippen molar-refractivity contribution in [2.45, 2.75) is 6.42 Å². The molecule has 0 aliphatic rings. The number of carbonyl (C=O) groups is 1. The molecule has 1 heterocycles. The van der Waals surface area contributed by atoms with Gasteiger partial charge in [0.1, 0.15) is 6.07 Å². The first-order valence-corrected chi connectivity index (χ1v) is 3.28. The molecule has 0 amide bonds. The van der Waals surface area contributed by atoms with E-state index in [1.807, 2.05) is 6.07 Å². The van der Waals surface area contributed by atoms with Crippen molar-refractivity contribution in [3.05, 3.63) is 29.6 Å². The number of hydrogen-bond acceptors (Lipinski definition) is 3. The van der Waals surface area contributed by atoms with E-state index in [1.54, 1.807) is 0 Å². The third-order valence-electron chi connectivity index (χ3n) is 1.28. The van der Waals surface area contributed by atoms with Crippen LogP contribution >= 0.6 is 0 Å². The minimum absolute atomic E-state index is 0.0947. The maximum absolute atomic E-state index is 10.3. The first-order valence-electron chi connectivity index (χ1n) is 3.28. The number of nitrogens with zero attached hydrogens (tertiary/aromatic N) is 2. The SMILES string of the molecule is N#Cc1cncc(CC(=O)O)c1. The zero-order chi connectivity index (χ0) is 8.97. The van der Waals surface area contributed by atoms with Gasteiger partial charge in [-0.2, -0.15) is 5.26 Å². The maximum Gasteiger partial charge on any atom is 0.307 e. The summed E-state index contributed by atoms with van der Waals surface area (Å²) < 4.78 is 0. The highest BCUT2D eigenvalue weighted by Gasteiger charge is 2.00. The van der Waals surface area contributed by atoms with Crippen molar-refractivity contribution in [1.29, 1.82) is 5.26 Å². The summed E-state index contributed by atoms with van der Waals surface area (Å²) in [7, 11) is 0. The number of carboxylic acids is 1. The van der Waals surface area contributed by atoms with Gasteiger partial charge in [0, 0.05) is 12.4 Å². The van der Waals surface area contributed by atoms with Gasteiger partial charge in [-0.1, -0.05) is 0 Å². The van der Waals surface area contributed by atoms with Gasteiger partial charge in [0.05, 0.1) is 12.0 Å². The summed E-state index contributed by atoms with van der Waals surface area (Å²) >= 11 is 0. The van der Waals surface area contributed by atoms with Gasteiger partial charge >= 0.3 is 5.97 Å². The van der Waals surface area contributed by atoms with Crippen LogP contribution in [0.2, 0.25) is 0 Å². The zero-order valence-corrected chi connectivity index (χ0v) is 6.19. The summed E-state index contributed by atoms with van der Waals surface area (Å²) in [5.41, 5.74) is 0.926. The number of pyridine rings is 1. The Morgan fingerprint density at radius 2 is 2.42 bits per heavy atom. The van der Waals surface area contributed by atoms with E-state index in [4.69, 9.17) is 10.4 Å². The summed E-state index contributed by atoms with van der Waals surface area (Å²) in [6.07, 6.45) is 2.74. The molecular weight excluding hydrogens is 156 g/mol. The van der Waals surface area contributed by atoms with Crippen LogP contribution in [0.25, 0.3) is 0 Å². The Hall–Kier alpha value is -1.89. The molecule has 1 N–H and O–H groups in total. The number of carboxylic acid groups (broad SMARTS) is 1. The van der Waals surface area contributed by atoms with Gasteiger partial charge < -0.3 is 5.11 Å². The summed E-state index contributed by atoms with van der Waals surface area (Å²) in [5, 5.41) is 16.9. The van der Waals surface area contributed by atoms with E-state index in [0.29, 0.717) is 11.1 Å². The monoisotopic (exact) mass is 162 g/mol. The van der Waals surface area contributed by atoms with Crippen LogP contribution in [0.1, 0.15) is 11.1 Å². The molecule has 0 spiro atoms. The van der Waals surface area contributed by atoms with Gasteiger partial charge in [-0.3, -0.25) is 9.78 Å². The Morgan fingerprint density at radius 1 is 1.67 bits per heavy atom. The summed E-state index contributed by atoms with van der Waals surface area (Å²) in [5.74, 6) is -0.924. The van der Waals surface area contributed by atoms with Crippen molar-refractivity contribution < 1.29 is 9.90 Å². The van der Waals surface area contributed by atoms with Gasteiger partial charge in [-0.05, 0) is 11.6 Å². The molecular formula is C8H6N2O2. The second kappa shape index (κ2) is 3.49. The largest absolute Gasteiger partial charge is 0.481 e.